The Morgan fingerprint density at radius 3 is 2.69 bits per heavy atom. The molecule has 3 heteroatoms. The van der Waals surface area contributed by atoms with E-state index in [0.29, 0.717) is 11.5 Å². The molecule has 1 aliphatic heterocycles. The molecule has 1 heterocycles. The Bertz CT molecular complexity index is 292. The molecule has 0 bridgehead atoms. The molecule has 90 valence electrons. The molecule has 16 heavy (non-hydrogen) atoms. The summed E-state index contributed by atoms with van der Waals surface area (Å²) in [5.74, 6) is 1.15. The van der Waals surface area contributed by atoms with Crippen molar-refractivity contribution in [3.8, 4) is 0 Å². The van der Waals surface area contributed by atoms with Crippen molar-refractivity contribution in [2.24, 2.45) is 10.4 Å². The SMILES string of the molecule is CN1CCCN=C1NC1CCC12CCCC2. The fourth-order valence-electron chi connectivity index (χ4n) is 3.63. The monoisotopic (exact) mass is 221 g/mol. The van der Waals surface area contributed by atoms with Crippen LogP contribution < -0.4 is 5.32 Å². The summed E-state index contributed by atoms with van der Waals surface area (Å²) in [6.07, 6.45) is 9.79. The van der Waals surface area contributed by atoms with Crippen molar-refractivity contribution in [3.63, 3.8) is 0 Å². The summed E-state index contributed by atoms with van der Waals surface area (Å²) in [7, 11) is 2.16. The average molecular weight is 221 g/mol. The summed E-state index contributed by atoms with van der Waals surface area (Å²) < 4.78 is 0. The molecule has 3 rings (SSSR count). The molecule has 1 unspecified atom stereocenters. The highest BCUT2D eigenvalue weighted by Crippen LogP contribution is 2.53. The van der Waals surface area contributed by atoms with Crippen LogP contribution in [0.15, 0.2) is 4.99 Å². The average Bonchev–Trinajstić information content (AvgIpc) is 2.78. The van der Waals surface area contributed by atoms with E-state index in [-0.39, 0.29) is 0 Å². The summed E-state index contributed by atoms with van der Waals surface area (Å²) in [4.78, 5) is 6.90. The van der Waals surface area contributed by atoms with Gasteiger partial charge in [0.15, 0.2) is 5.96 Å². The minimum absolute atomic E-state index is 0.654. The molecular weight excluding hydrogens is 198 g/mol. The fourth-order valence-corrected chi connectivity index (χ4v) is 3.63. The first-order valence-electron chi connectivity index (χ1n) is 6.82. The molecule has 2 fully saturated rings. The van der Waals surface area contributed by atoms with Crippen LogP contribution in [0.5, 0.6) is 0 Å². The lowest BCUT2D eigenvalue weighted by molar-refractivity contribution is 0.0845. The molecule has 3 nitrogen and oxygen atoms in total. The maximum absolute atomic E-state index is 4.62. The summed E-state index contributed by atoms with van der Waals surface area (Å²) in [5.41, 5.74) is 0.654. The van der Waals surface area contributed by atoms with E-state index in [4.69, 9.17) is 0 Å². The number of nitrogens with one attached hydrogen (secondary N) is 1. The van der Waals surface area contributed by atoms with Gasteiger partial charge in [-0.3, -0.25) is 4.99 Å². The third kappa shape index (κ3) is 1.61. The second kappa shape index (κ2) is 3.94. The van der Waals surface area contributed by atoms with Crippen molar-refractivity contribution in [3.05, 3.63) is 0 Å². The Hall–Kier alpha value is -0.730. The summed E-state index contributed by atoms with van der Waals surface area (Å²) in [5, 5.41) is 3.71. The summed E-state index contributed by atoms with van der Waals surface area (Å²) in [6.45, 7) is 2.16. The van der Waals surface area contributed by atoms with Crippen molar-refractivity contribution in [2.45, 2.75) is 51.0 Å². The van der Waals surface area contributed by atoms with Crippen molar-refractivity contribution in [2.75, 3.05) is 20.1 Å². The first-order chi connectivity index (χ1) is 7.80. The highest BCUT2D eigenvalue weighted by Gasteiger charge is 2.48. The molecule has 0 aromatic carbocycles. The van der Waals surface area contributed by atoms with Crippen molar-refractivity contribution in [1.82, 2.24) is 10.2 Å². The Morgan fingerprint density at radius 2 is 2.06 bits per heavy atom. The largest absolute Gasteiger partial charge is 0.353 e. The van der Waals surface area contributed by atoms with Crippen LogP contribution in [-0.4, -0.2) is 37.0 Å². The molecule has 0 aromatic heterocycles. The number of guanidine groups is 1. The van der Waals surface area contributed by atoms with E-state index in [1.807, 2.05) is 0 Å². The highest BCUT2D eigenvalue weighted by molar-refractivity contribution is 5.80. The first-order valence-corrected chi connectivity index (χ1v) is 6.82. The van der Waals surface area contributed by atoms with E-state index in [0.717, 1.165) is 19.0 Å². The van der Waals surface area contributed by atoms with Gasteiger partial charge in [-0.05, 0) is 37.5 Å². The van der Waals surface area contributed by atoms with E-state index >= 15 is 0 Å². The number of hydrogen-bond acceptors (Lipinski definition) is 3. The Morgan fingerprint density at radius 1 is 1.25 bits per heavy atom. The van der Waals surface area contributed by atoms with E-state index in [2.05, 4.69) is 22.3 Å². The van der Waals surface area contributed by atoms with Crippen LogP contribution in [0.4, 0.5) is 0 Å². The zero-order valence-electron chi connectivity index (χ0n) is 10.3. The lowest BCUT2D eigenvalue weighted by Gasteiger charge is -2.49. The topological polar surface area (TPSA) is 27.6 Å². The molecule has 0 aromatic rings. The molecule has 0 saturated heterocycles. The molecule has 2 saturated carbocycles. The number of aliphatic imine (C=N–C) groups is 1. The van der Waals surface area contributed by atoms with Gasteiger partial charge in [-0.15, -0.1) is 0 Å². The number of rotatable bonds is 1. The molecule has 1 N–H and O–H groups in total. The van der Waals surface area contributed by atoms with Gasteiger partial charge in [-0.1, -0.05) is 12.8 Å². The normalized spacial score (nSPS) is 32.4. The van der Waals surface area contributed by atoms with Gasteiger partial charge in [-0.25, -0.2) is 0 Å². The van der Waals surface area contributed by atoms with Gasteiger partial charge in [-0.2, -0.15) is 0 Å². The maximum Gasteiger partial charge on any atom is 0.193 e. The van der Waals surface area contributed by atoms with Crippen LogP contribution >= 0.6 is 0 Å². The van der Waals surface area contributed by atoms with Gasteiger partial charge < -0.3 is 10.2 Å². The van der Waals surface area contributed by atoms with Crippen LogP contribution in [0.1, 0.15) is 44.9 Å². The van der Waals surface area contributed by atoms with Gasteiger partial charge in [0.1, 0.15) is 0 Å². The first kappa shape index (κ1) is 10.4. The van der Waals surface area contributed by atoms with Crippen LogP contribution in [0.25, 0.3) is 0 Å². The molecule has 0 radical (unpaired) electrons. The Balaban J connectivity index is 1.64. The van der Waals surface area contributed by atoms with E-state index in [9.17, 15) is 0 Å². The number of nitrogens with zero attached hydrogens (tertiary/aromatic N) is 2. The molecule has 0 amide bonds. The zero-order chi connectivity index (χ0) is 11.0. The predicted molar refractivity (Wildman–Crippen MR) is 66.6 cm³/mol. The van der Waals surface area contributed by atoms with Gasteiger partial charge in [0, 0.05) is 26.2 Å². The smallest absolute Gasteiger partial charge is 0.193 e. The third-order valence-corrected chi connectivity index (χ3v) is 4.85. The van der Waals surface area contributed by atoms with Gasteiger partial charge in [0.2, 0.25) is 0 Å². The van der Waals surface area contributed by atoms with Crippen LogP contribution in [0.3, 0.4) is 0 Å². The lowest BCUT2D eigenvalue weighted by Crippen LogP contribution is -2.57. The van der Waals surface area contributed by atoms with E-state index < -0.39 is 0 Å². The van der Waals surface area contributed by atoms with Gasteiger partial charge in [0.25, 0.3) is 0 Å². The zero-order valence-corrected chi connectivity index (χ0v) is 10.3. The van der Waals surface area contributed by atoms with E-state index in [1.54, 1.807) is 0 Å². The van der Waals surface area contributed by atoms with Gasteiger partial charge >= 0.3 is 0 Å². The molecule has 1 spiro atoms. The predicted octanol–water partition coefficient (Wildman–Crippen LogP) is 1.99. The minimum Gasteiger partial charge on any atom is -0.353 e. The van der Waals surface area contributed by atoms with Crippen LogP contribution in [0, 0.1) is 5.41 Å². The highest BCUT2D eigenvalue weighted by atomic mass is 15.3. The van der Waals surface area contributed by atoms with Gasteiger partial charge in [0.05, 0.1) is 0 Å². The second-order valence-electron chi connectivity index (χ2n) is 5.79. The van der Waals surface area contributed by atoms with Crippen molar-refractivity contribution < 1.29 is 0 Å². The van der Waals surface area contributed by atoms with Crippen LogP contribution in [-0.2, 0) is 0 Å². The molecule has 3 aliphatic rings. The molecular formula is C13H23N3. The van der Waals surface area contributed by atoms with E-state index in [1.165, 1.54) is 44.9 Å². The van der Waals surface area contributed by atoms with Crippen molar-refractivity contribution in [1.29, 1.82) is 0 Å². The summed E-state index contributed by atoms with van der Waals surface area (Å²) >= 11 is 0. The summed E-state index contributed by atoms with van der Waals surface area (Å²) in [6, 6.07) is 0.717. The lowest BCUT2D eigenvalue weighted by atomic mass is 9.63. The quantitative estimate of drug-likeness (QED) is 0.733. The Kier molecular flexibility index (Phi) is 2.56. The Labute approximate surface area is 98.3 Å². The van der Waals surface area contributed by atoms with Crippen molar-refractivity contribution >= 4 is 5.96 Å². The molecule has 2 aliphatic carbocycles. The second-order valence-corrected chi connectivity index (χ2v) is 5.79. The number of hydrogen-bond donors (Lipinski definition) is 1. The van der Waals surface area contributed by atoms with Crippen LogP contribution in [0.2, 0.25) is 0 Å². The minimum atomic E-state index is 0.654. The maximum atomic E-state index is 4.62. The fraction of sp³-hybridized carbons (Fsp3) is 0.923. The molecule has 1 atom stereocenters. The third-order valence-electron chi connectivity index (χ3n) is 4.85. The standard InChI is InChI=1S/C13H23N3/c1-16-10-4-9-14-12(16)15-11-5-8-13(11)6-2-3-7-13/h11H,2-10H2,1H3,(H,14,15).